The second-order valence-corrected chi connectivity index (χ2v) is 5.07. The van der Waals surface area contributed by atoms with E-state index in [1.54, 1.807) is 40.6 Å². The van der Waals surface area contributed by atoms with Crippen molar-refractivity contribution in [3.8, 4) is 0 Å². The van der Waals surface area contributed by atoms with Gasteiger partial charge in [-0.05, 0) is 12.1 Å². The summed E-state index contributed by atoms with van der Waals surface area (Å²) >= 11 is 0. The lowest BCUT2D eigenvalue weighted by Gasteiger charge is -2.25. The Labute approximate surface area is 127 Å². The number of carbonyl (C=O) groups excluding carboxylic acids is 2. The van der Waals surface area contributed by atoms with Gasteiger partial charge in [0.1, 0.15) is 17.2 Å². The van der Waals surface area contributed by atoms with Crippen molar-refractivity contribution in [3.05, 3.63) is 30.1 Å². The summed E-state index contributed by atoms with van der Waals surface area (Å²) in [5.41, 5.74) is 1.01. The molecule has 1 saturated heterocycles. The van der Waals surface area contributed by atoms with Gasteiger partial charge < -0.3 is 15.0 Å². The molecule has 0 unspecified atom stereocenters. The molecule has 1 aliphatic rings. The highest BCUT2D eigenvalue weighted by Gasteiger charge is 2.21. The fraction of sp³-hybridized carbons (Fsp3) is 0.400. The van der Waals surface area contributed by atoms with Gasteiger partial charge in [-0.3, -0.25) is 14.0 Å². The van der Waals surface area contributed by atoms with Crippen LogP contribution in [-0.2, 0) is 9.53 Å². The van der Waals surface area contributed by atoms with Gasteiger partial charge in [-0.1, -0.05) is 13.0 Å². The summed E-state index contributed by atoms with van der Waals surface area (Å²) in [6.45, 7) is 4.04. The minimum Gasteiger partial charge on any atom is -0.378 e. The van der Waals surface area contributed by atoms with E-state index in [-0.39, 0.29) is 11.8 Å². The van der Waals surface area contributed by atoms with Gasteiger partial charge in [0.2, 0.25) is 5.91 Å². The van der Waals surface area contributed by atoms with Crippen LogP contribution in [0.3, 0.4) is 0 Å². The lowest BCUT2D eigenvalue weighted by molar-refractivity contribution is -0.115. The largest absolute Gasteiger partial charge is 0.378 e. The molecule has 1 fully saturated rings. The molecule has 0 aromatic carbocycles. The van der Waals surface area contributed by atoms with Crippen LogP contribution >= 0.6 is 0 Å². The molecule has 116 valence electrons. The molecule has 3 heterocycles. The molecule has 0 bridgehead atoms. The summed E-state index contributed by atoms with van der Waals surface area (Å²) in [6, 6.07) is 5.39. The van der Waals surface area contributed by atoms with E-state index in [4.69, 9.17) is 4.74 Å². The molecule has 2 aromatic heterocycles. The highest BCUT2D eigenvalue weighted by atomic mass is 16.5. The molecule has 3 rings (SSSR count). The van der Waals surface area contributed by atoms with E-state index in [0.717, 1.165) is 0 Å². The Balaban J connectivity index is 1.90. The molecular formula is C15H18N4O3. The third kappa shape index (κ3) is 2.80. The number of ether oxygens (including phenoxy) is 1. The van der Waals surface area contributed by atoms with Gasteiger partial charge in [-0.25, -0.2) is 4.98 Å². The number of nitrogens with one attached hydrogen (secondary N) is 1. The molecule has 22 heavy (non-hydrogen) atoms. The van der Waals surface area contributed by atoms with Crippen LogP contribution in [0.25, 0.3) is 5.65 Å². The number of hydrogen-bond donors (Lipinski definition) is 1. The van der Waals surface area contributed by atoms with Gasteiger partial charge in [-0.15, -0.1) is 0 Å². The summed E-state index contributed by atoms with van der Waals surface area (Å²) < 4.78 is 6.98. The normalized spacial score (nSPS) is 15.0. The number of fused-ring (bicyclic) bond motifs is 1. The number of imidazole rings is 1. The number of hydrogen-bond acceptors (Lipinski definition) is 4. The second kappa shape index (κ2) is 6.15. The van der Waals surface area contributed by atoms with Crippen LogP contribution in [0.1, 0.15) is 23.8 Å². The fourth-order valence-electron chi connectivity index (χ4n) is 2.38. The van der Waals surface area contributed by atoms with Gasteiger partial charge in [0.05, 0.1) is 13.2 Å². The minimum atomic E-state index is -0.111. The summed E-state index contributed by atoms with van der Waals surface area (Å²) in [5, 5.41) is 2.81. The van der Waals surface area contributed by atoms with E-state index in [0.29, 0.717) is 49.9 Å². The van der Waals surface area contributed by atoms with Crippen LogP contribution < -0.4 is 5.32 Å². The summed E-state index contributed by atoms with van der Waals surface area (Å²) in [7, 11) is 0. The number of morpholine rings is 1. The number of anilines is 1. The first-order valence-corrected chi connectivity index (χ1v) is 7.34. The van der Waals surface area contributed by atoms with Gasteiger partial charge in [0.15, 0.2) is 0 Å². The van der Waals surface area contributed by atoms with Crippen LogP contribution in [0, 0.1) is 0 Å². The second-order valence-electron chi connectivity index (χ2n) is 5.07. The zero-order valence-corrected chi connectivity index (χ0v) is 12.4. The average molecular weight is 302 g/mol. The van der Waals surface area contributed by atoms with Crippen molar-refractivity contribution >= 4 is 23.3 Å². The molecule has 2 amide bonds. The van der Waals surface area contributed by atoms with Crippen molar-refractivity contribution in [2.45, 2.75) is 13.3 Å². The Hall–Kier alpha value is -2.41. The number of carbonyl (C=O) groups is 2. The Morgan fingerprint density at radius 2 is 2.09 bits per heavy atom. The maximum Gasteiger partial charge on any atom is 0.274 e. The Bertz CT molecular complexity index is 704. The number of pyridine rings is 1. The lowest BCUT2D eigenvalue weighted by atomic mass is 10.3. The highest BCUT2D eigenvalue weighted by molar-refractivity contribution is 5.94. The predicted octanol–water partition coefficient (Wildman–Crippen LogP) is 1.16. The van der Waals surface area contributed by atoms with Crippen LogP contribution in [0.5, 0.6) is 0 Å². The molecule has 0 spiro atoms. The number of rotatable bonds is 3. The van der Waals surface area contributed by atoms with Crippen molar-refractivity contribution in [2.24, 2.45) is 0 Å². The summed E-state index contributed by atoms with van der Waals surface area (Å²) in [5.74, 6) is 0.417. The molecular weight excluding hydrogens is 284 g/mol. The topological polar surface area (TPSA) is 75.9 Å². The number of amides is 2. The standard InChI is InChI=1S/C15H18N4O3/c1-2-14(20)17-13-5-3-4-12-16-11(10-19(12)13)15(21)18-6-8-22-9-7-18/h3-5,10H,2,6-9H2,1H3,(H,17,20). The molecule has 7 nitrogen and oxygen atoms in total. The third-order valence-corrected chi connectivity index (χ3v) is 3.60. The van der Waals surface area contributed by atoms with Gasteiger partial charge in [-0.2, -0.15) is 0 Å². The average Bonchev–Trinajstić information content (AvgIpc) is 3.00. The Kier molecular flexibility index (Phi) is 4.06. The van der Waals surface area contributed by atoms with Crippen molar-refractivity contribution < 1.29 is 14.3 Å². The molecule has 0 aliphatic carbocycles. The van der Waals surface area contributed by atoms with Crippen LogP contribution in [0.2, 0.25) is 0 Å². The molecule has 7 heteroatoms. The highest BCUT2D eigenvalue weighted by Crippen LogP contribution is 2.15. The maximum absolute atomic E-state index is 12.5. The van der Waals surface area contributed by atoms with Crippen molar-refractivity contribution in [2.75, 3.05) is 31.6 Å². The van der Waals surface area contributed by atoms with Gasteiger partial charge in [0, 0.05) is 25.7 Å². The first-order valence-electron chi connectivity index (χ1n) is 7.34. The monoisotopic (exact) mass is 302 g/mol. The molecule has 1 aliphatic heterocycles. The molecule has 0 atom stereocenters. The van der Waals surface area contributed by atoms with Gasteiger partial charge >= 0.3 is 0 Å². The Morgan fingerprint density at radius 1 is 1.32 bits per heavy atom. The zero-order valence-electron chi connectivity index (χ0n) is 12.4. The van der Waals surface area contributed by atoms with Crippen LogP contribution in [0.4, 0.5) is 5.82 Å². The first kappa shape index (κ1) is 14.5. The van der Waals surface area contributed by atoms with E-state index in [9.17, 15) is 9.59 Å². The van der Waals surface area contributed by atoms with E-state index >= 15 is 0 Å². The van der Waals surface area contributed by atoms with Crippen molar-refractivity contribution in [1.29, 1.82) is 0 Å². The molecule has 0 radical (unpaired) electrons. The zero-order chi connectivity index (χ0) is 15.5. The van der Waals surface area contributed by atoms with Crippen molar-refractivity contribution in [1.82, 2.24) is 14.3 Å². The van der Waals surface area contributed by atoms with Crippen molar-refractivity contribution in [3.63, 3.8) is 0 Å². The van der Waals surface area contributed by atoms with E-state index in [2.05, 4.69) is 10.3 Å². The lowest BCUT2D eigenvalue weighted by Crippen LogP contribution is -2.40. The number of nitrogens with zero attached hydrogens (tertiary/aromatic N) is 3. The minimum absolute atomic E-state index is 0.0812. The van der Waals surface area contributed by atoms with E-state index < -0.39 is 0 Å². The Morgan fingerprint density at radius 3 is 2.82 bits per heavy atom. The smallest absolute Gasteiger partial charge is 0.274 e. The SMILES string of the molecule is CCC(=O)Nc1cccc2nc(C(=O)N3CCOCC3)cn12. The van der Waals surface area contributed by atoms with Crippen LogP contribution in [0.15, 0.2) is 24.4 Å². The maximum atomic E-state index is 12.5. The number of aromatic nitrogens is 2. The fourth-order valence-corrected chi connectivity index (χ4v) is 2.38. The summed E-state index contributed by atoms with van der Waals surface area (Å²) in [4.78, 5) is 30.1. The van der Waals surface area contributed by atoms with E-state index in [1.165, 1.54) is 0 Å². The van der Waals surface area contributed by atoms with Gasteiger partial charge in [0.25, 0.3) is 5.91 Å². The predicted molar refractivity (Wildman–Crippen MR) is 80.8 cm³/mol. The molecule has 2 aromatic rings. The summed E-state index contributed by atoms with van der Waals surface area (Å²) in [6.07, 6.45) is 2.06. The third-order valence-electron chi connectivity index (χ3n) is 3.60. The van der Waals surface area contributed by atoms with E-state index in [1.807, 2.05) is 0 Å². The first-order chi connectivity index (χ1) is 10.7. The molecule has 1 N–H and O–H groups in total. The van der Waals surface area contributed by atoms with Crippen LogP contribution in [-0.4, -0.2) is 52.4 Å². The quantitative estimate of drug-likeness (QED) is 0.923. The molecule has 0 saturated carbocycles.